The lowest BCUT2D eigenvalue weighted by atomic mass is 10.2. The van der Waals surface area contributed by atoms with E-state index in [1.165, 1.54) is 42.6 Å². The second-order valence-corrected chi connectivity index (χ2v) is 8.91. The molecule has 1 fully saturated rings. The van der Waals surface area contributed by atoms with Crippen molar-refractivity contribution in [1.29, 1.82) is 0 Å². The number of benzene rings is 1. The van der Waals surface area contributed by atoms with Crippen LogP contribution in [0.15, 0.2) is 35.7 Å². The van der Waals surface area contributed by atoms with E-state index in [1.54, 1.807) is 11.3 Å². The molecule has 0 radical (unpaired) electrons. The van der Waals surface area contributed by atoms with Crippen LogP contribution in [0.2, 0.25) is 0 Å². The molecule has 0 saturated heterocycles. The van der Waals surface area contributed by atoms with E-state index in [1.807, 2.05) is 24.3 Å². The summed E-state index contributed by atoms with van der Waals surface area (Å²) in [4.78, 5) is 4.87. The SMILES string of the molecule is Cc1cc(-c2csc(NC3CCCC3)n2)c(C)n1C[C@@H]1COc2ccccc2O1. The van der Waals surface area contributed by atoms with Gasteiger partial charge >= 0.3 is 0 Å². The van der Waals surface area contributed by atoms with Crippen molar-refractivity contribution >= 4 is 16.5 Å². The Balaban J connectivity index is 1.32. The Morgan fingerprint density at radius 2 is 1.97 bits per heavy atom. The number of para-hydroxylation sites is 2. The molecule has 5 rings (SSSR count). The highest BCUT2D eigenvalue weighted by molar-refractivity contribution is 7.14. The summed E-state index contributed by atoms with van der Waals surface area (Å²) in [7, 11) is 0. The maximum Gasteiger partial charge on any atom is 0.183 e. The molecule has 1 aliphatic carbocycles. The van der Waals surface area contributed by atoms with E-state index in [0.717, 1.165) is 28.9 Å². The van der Waals surface area contributed by atoms with Crippen molar-refractivity contribution in [3.05, 3.63) is 47.1 Å². The van der Waals surface area contributed by atoms with Gasteiger partial charge in [-0.05, 0) is 44.9 Å². The Hall–Kier alpha value is -2.47. The Morgan fingerprint density at radius 1 is 1.17 bits per heavy atom. The van der Waals surface area contributed by atoms with Gasteiger partial charge in [0.1, 0.15) is 6.61 Å². The summed E-state index contributed by atoms with van der Waals surface area (Å²) >= 11 is 1.71. The molecule has 1 aromatic carbocycles. The number of fused-ring (bicyclic) bond motifs is 1. The van der Waals surface area contributed by atoms with Crippen LogP contribution in [0.25, 0.3) is 11.3 Å². The molecular weight excluding hydrogens is 382 g/mol. The fraction of sp³-hybridized carbons (Fsp3) is 0.435. The number of aryl methyl sites for hydroxylation is 1. The summed E-state index contributed by atoms with van der Waals surface area (Å²) in [5.41, 5.74) is 4.71. The summed E-state index contributed by atoms with van der Waals surface area (Å²) in [6, 6.07) is 10.7. The van der Waals surface area contributed by atoms with E-state index in [2.05, 4.69) is 35.2 Å². The van der Waals surface area contributed by atoms with Crippen LogP contribution in [-0.2, 0) is 6.54 Å². The lowest BCUT2D eigenvalue weighted by Crippen LogP contribution is -2.33. The molecule has 0 spiro atoms. The first-order valence-electron chi connectivity index (χ1n) is 10.4. The van der Waals surface area contributed by atoms with E-state index < -0.39 is 0 Å². The molecule has 0 amide bonds. The minimum atomic E-state index is -0.00224. The molecule has 6 heteroatoms. The predicted molar refractivity (Wildman–Crippen MR) is 117 cm³/mol. The molecule has 3 heterocycles. The predicted octanol–water partition coefficient (Wildman–Crippen LogP) is 5.42. The highest BCUT2D eigenvalue weighted by Crippen LogP contribution is 2.34. The highest BCUT2D eigenvalue weighted by Gasteiger charge is 2.23. The van der Waals surface area contributed by atoms with Gasteiger partial charge in [0.15, 0.2) is 22.7 Å². The second-order valence-electron chi connectivity index (χ2n) is 8.06. The molecule has 2 aromatic heterocycles. The topological polar surface area (TPSA) is 48.3 Å². The minimum absolute atomic E-state index is 0.00224. The zero-order valence-corrected chi connectivity index (χ0v) is 17.8. The third-order valence-corrected chi connectivity index (χ3v) is 6.76. The number of nitrogens with zero attached hydrogens (tertiary/aromatic N) is 2. The average molecular weight is 410 g/mol. The number of thiazole rings is 1. The van der Waals surface area contributed by atoms with Crippen LogP contribution in [0.3, 0.4) is 0 Å². The largest absolute Gasteiger partial charge is 0.486 e. The normalized spacial score (nSPS) is 18.9. The van der Waals surface area contributed by atoms with Crippen molar-refractivity contribution in [2.24, 2.45) is 0 Å². The molecule has 152 valence electrons. The average Bonchev–Trinajstić information content (AvgIpc) is 3.46. The van der Waals surface area contributed by atoms with E-state index in [-0.39, 0.29) is 6.10 Å². The standard InChI is InChI=1S/C23H27N3O2S/c1-15-11-19(20-14-29-23(25-20)24-17-7-3-4-8-17)16(2)26(15)12-18-13-27-21-9-5-6-10-22(21)28-18/h5-6,9-11,14,17-18H,3-4,7-8,12-13H2,1-2H3,(H,24,25)/t18-/m1/s1. The quantitative estimate of drug-likeness (QED) is 0.611. The van der Waals surface area contributed by atoms with Gasteiger partial charge in [-0.3, -0.25) is 0 Å². The van der Waals surface area contributed by atoms with Gasteiger partial charge in [-0.25, -0.2) is 4.98 Å². The Labute approximate surface area is 175 Å². The van der Waals surface area contributed by atoms with Crippen molar-refractivity contribution in [3.8, 4) is 22.8 Å². The summed E-state index contributed by atoms with van der Waals surface area (Å²) < 4.78 is 14.4. The van der Waals surface area contributed by atoms with Gasteiger partial charge in [-0.15, -0.1) is 11.3 Å². The summed E-state index contributed by atoms with van der Waals surface area (Å²) in [6.07, 6.45) is 5.17. The van der Waals surface area contributed by atoms with E-state index in [4.69, 9.17) is 14.5 Å². The molecule has 0 unspecified atom stereocenters. The second kappa shape index (κ2) is 7.75. The van der Waals surface area contributed by atoms with Crippen LogP contribution >= 0.6 is 11.3 Å². The van der Waals surface area contributed by atoms with Crippen molar-refractivity contribution in [3.63, 3.8) is 0 Å². The van der Waals surface area contributed by atoms with Gasteiger partial charge in [-0.2, -0.15) is 0 Å². The summed E-state index contributed by atoms with van der Waals surface area (Å²) in [6.45, 7) is 5.65. The van der Waals surface area contributed by atoms with Crippen LogP contribution in [-0.4, -0.2) is 28.3 Å². The first-order chi connectivity index (χ1) is 14.2. The highest BCUT2D eigenvalue weighted by atomic mass is 32.1. The van der Waals surface area contributed by atoms with Gasteiger partial charge in [0.2, 0.25) is 0 Å². The fourth-order valence-corrected chi connectivity index (χ4v) is 5.20. The first kappa shape index (κ1) is 18.6. The monoisotopic (exact) mass is 409 g/mol. The Kier molecular flexibility index (Phi) is 4.96. The number of hydrogen-bond donors (Lipinski definition) is 1. The third-order valence-electron chi connectivity index (χ3n) is 5.99. The molecule has 3 aromatic rings. The fourth-order valence-electron chi connectivity index (χ4n) is 4.41. The van der Waals surface area contributed by atoms with Gasteiger partial charge in [0.25, 0.3) is 0 Å². The number of anilines is 1. The van der Waals surface area contributed by atoms with Gasteiger partial charge < -0.3 is 19.4 Å². The molecule has 5 nitrogen and oxygen atoms in total. The first-order valence-corrected chi connectivity index (χ1v) is 11.3. The van der Waals surface area contributed by atoms with E-state index in [9.17, 15) is 0 Å². The maximum absolute atomic E-state index is 6.17. The van der Waals surface area contributed by atoms with Gasteiger partial charge in [0, 0.05) is 28.4 Å². The van der Waals surface area contributed by atoms with Gasteiger partial charge in [0.05, 0.1) is 12.2 Å². The number of hydrogen-bond acceptors (Lipinski definition) is 5. The number of aromatic nitrogens is 2. The number of ether oxygens (including phenoxy) is 2. The lowest BCUT2D eigenvalue weighted by molar-refractivity contribution is 0.0778. The smallest absolute Gasteiger partial charge is 0.183 e. The molecule has 29 heavy (non-hydrogen) atoms. The maximum atomic E-state index is 6.17. The zero-order chi connectivity index (χ0) is 19.8. The van der Waals surface area contributed by atoms with E-state index >= 15 is 0 Å². The van der Waals surface area contributed by atoms with Crippen LogP contribution in [0.1, 0.15) is 37.1 Å². The zero-order valence-electron chi connectivity index (χ0n) is 17.0. The number of rotatable bonds is 5. The van der Waals surface area contributed by atoms with E-state index in [0.29, 0.717) is 12.6 Å². The van der Waals surface area contributed by atoms with Gasteiger partial charge in [-0.1, -0.05) is 25.0 Å². The van der Waals surface area contributed by atoms with Crippen LogP contribution in [0, 0.1) is 13.8 Å². The molecule has 1 N–H and O–H groups in total. The molecule has 1 aliphatic heterocycles. The van der Waals surface area contributed by atoms with Crippen molar-refractivity contribution < 1.29 is 9.47 Å². The molecule has 1 saturated carbocycles. The Bertz CT molecular complexity index is 1000. The molecule has 2 aliphatic rings. The summed E-state index contributed by atoms with van der Waals surface area (Å²) in [5, 5.41) is 6.82. The van der Waals surface area contributed by atoms with Crippen molar-refractivity contribution in [2.75, 3.05) is 11.9 Å². The van der Waals surface area contributed by atoms with Crippen LogP contribution in [0.5, 0.6) is 11.5 Å². The van der Waals surface area contributed by atoms with Crippen LogP contribution < -0.4 is 14.8 Å². The summed E-state index contributed by atoms with van der Waals surface area (Å²) in [5.74, 6) is 1.66. The van der Waals surface area contributed by atoms with Crippen molar-refractivity contribution in [2.45, 2.75) is 58.2 Å². The van der Waals surface area contributed by atoms with Crippen molar-refractivity contribution in [1.82, 2.24) is 9.55 Å². The third kappa shape index (κ3) is 3.73. The molecule has 0 bridgehead atoms. The molecular formula is C23H27N3O2S. The number of nitrogens with one attached hydrogen (secondary N) is 1. The minimum Gasteiger partial charge on any atom is -0.486 e. The molecule has 1 atom stereocenters. The Morgan fingerprint density at radius 3 is 2.79 bits per heavy atom. The lowest BCUT2D eigenvalue weighted by Gasteiger charge is -2.27. The van der Waals surface area contributed by atoms with Crippen LogP contribution in [0.4, 0.5) is 5.13 Å².